The maximum Gasteiger partial charge on any atom is 0.0423 e. The predicted molar refractivity (Wildman–Crippen MR) is 101 cm³/mol. The van der Waals surface area contributed by atoms with E-state index < -0.39 is 0 Å². The number of rotatable bonds is 3. The van der Waals surface area contributed by atoms with E-state index in [4.69, 9.17) is 46.4 Å². The molecular weight excluding hydrogens is 370 g/mol. The van der Waals surface area contributed by atoms with Gasteiger partial charge >= 0.3 is 0 Å². The van der Waals surface area contributed by atoms with Gasteiger partial charge in [0.05, 0.1) is 0 Å². The Hall–Kier alpha value is -0.400. The molecule has 0 amide bonds. The van der Waals surface area contributed by atoms with Gasteiger partial charge < -0.3 is 0 Å². The van der Waals surface area contributed by atoms with Gasteiger partial charge in [-0.2, -0.15) is 0 Å². The zero-order valence-electron chi connectivity index (χ0n) is 12.7. The second-order valence-corrected chi connectivity index (χ2v) is 8.03. The maximum atomic E-state index is 6.25. The van der Waals surface area contributed by atoms with Crippen LogP contribution in [0, 0.1) is 5.92 Å². The van der Waals surface area contributed by atoms with Crippen LogP contribution in [0.2, 0.25) is 20.1 Å². The van der Waals surface area contributed by atoms with Gasteiger partial charge in [0, 0.05) is 26.0 Å². The van der Waals surface area contributed by atoms with E-state index in [2.05, 4.69) is 0 Å². The van der Waals surface area contributed by atoms with Crippen LogP contribution in [-0.2, 0) is 0 Å². The van der Waals surface area contributed by atoms with Crippen molar-refractivity contribution < 1.29 is 0 Å². The Morgan fingerprint density at radius 1 is 0.609 bits per heavy atom. The lowest BCUT2D eigenvalue weighted by Crippen LogP contribution is -2.17. The average molecular weight is 388 g/mol. The van der Waals surface area contributed by atoms with E-state index >= 15 is 0 Å². The minimum Gasteiger partial charge on any atom is -0.0843 e. The minimum absolute atomic E-state index is 0.225. The minimum atomic E-state index is 0.225. The Kier molecular flexibility index (Phi) is 5.80. The standard InChI is InChI=1S/C19H18Cl4/c20-15-6-13(7-16(21)10-15)19(12-4-2-1-3-5-12)14-8-17(22)11-18(23)9-14/h6-12,19H,1-5H2. The first kappa shape index (κ1) is 17.4. The predicted octanol–water partition coefficient (Wildman–Crippen LogP) is 8.01. The SMILES string of the molecule is Clc1cc(Cl)cc(C(c2cc(Cl)cc(Cl)c2)C2CCCCC2)c1. The lowest BCUT2D eigenvalue weighted by atomic mass is 9.73. The van der Waals surface area contributed by atoms with Crippen molar-refractivity contribution in [2.45, 2.75) is 38.0 Å². The second-order valence-electron chi connectivity index (χ2n) is 6.28. The van der Waals surface area contributed by atoms with Crippen molar-refractivity contribution in [3.05, 3.63) is 67.6 Å². The number of benzene rings is 2. The molecule has 0 spiro atoms. The zero-order chi connectivity index (χ0) is 16.4. The molecule has 1 aliphatic rings. The molecule has 0 atom stereocenters. The largest absolute Gasteiger partial charge is 0.0843 e. The molecule has 1 aliphatic carbocycles. The topological polar surface area (TPSA) is 0 Å². The fourth-order valence-corrected chi connectivity index (χ4v) is 4.80. The Morgan fingerprint density at radius 2 is 1.00 bits per heavy atom. The van der Waals surface area contributed by atoms with Gasteiger partial charge in [-0.3, -0.25) is 0 Å². The molecular formula is C19H18Cl4. The fraction of sp³-hybridized carbons (Fsp3) is 0.368. The molecule has 0 aliphatic heterocycles. The van der Waals surface area contributed by atoms with Crippen LogP contribution in [0.15, 0.2) is 36.4 Å². The lowest BCUT2D eigenvalue weighted by molar-refractivity contribution is 0.327. The molecule has 2 aromatic rings. The summed E-state index contributed by atoms with van der Waals surface area (Å²) in [4.78, 5) is 0. The molecule has 3 rings (SSSR count). The molecule has 0 unspecified atom stereocenters. The van der Waals surface area contributed by atoms with Crippen LogP contribution in [0.25, 0.3) is 0 Å². The van der Waals surface area contributed by atoms with Gasteiger partial charge in [-0.25, -0.2) is 0 Å². The second kappa shape index (κ2) is 7.66. The van der Waals surface area contributed by atoms with E-state index in [0.717, 1.165) is 11.1 Å². The summed E-state index contributed by atoms with van der Waals surface area (Å²) >= 11 is 25.0. The van der Waals surface area contributed by atoms with Crippen molar-refractivity contribution in [3.8, 4) is 0 Å². The Labute approximate surface area is 157 Å². The highest BCUT2D eigenvalue weighted by atomic mass is 35.5. The van der Waals surface area contributed by atoms with Crippen LogP contribution in [0.1, 0.15) is 49.1 Å². The van der Waals surface area contributed by atoms with E-state index in [1.54, 1.807) is 12.1 Å². The molecule has 0 bridgehead atoms. The average Bonchev–Trinajstić information content (AvgIpc) is 2.46. The fourth-order valence-electron chi connectivity index (χ4n) is 3.71. The summed E-state index contributed by atoms with van der Waals surface area (Å²) in [6.45, 7) is 0. The molecule has 1 saturated carbocycles. The number of hydrogen-bond donors (Lipinski definition) is 0. The molecule has 0 nitrogen and oxygen atoms in total. The Morgan fingerprint density at radius 3 is 1.39 bits per heavy atom. The van der Waals surface area contributed by atoms with Gasteiger partial charge in [0.1, 0.15) is 0 Å². The van der Waals surface area contributed by atoms with Crippen LogP contribution in [0.3, 0.4) is 0 Å². The highest BCUT2D eigenvalue weighted by molar-refractivity contribution is 6.35. The first-order valence-corrected chi connectivity index (χ1v) is 9.46. The number of hydrogen-bond acceptors (Lipinski definition) is 0. The maximum absolute atomic E-state index is 6.25. The zero-order valence-corrected chi connectivity index (χ0v) is 15.7. The molecule has 0 radical (unpaired) electrons. The van der Waals surface area contributed by atoms with E-state index in [0.29, 0.717) is 26.0 Å². The van der Waals surface area contributed by atoms with Crippen molar-refractivity contribution in [1.82, 2.24) is 0 Å². The van der Waals surface area contributed by atoms with Crippen LogP contribution in [-0.4, -0.2) is 0 Å². The molecule has 122 valence electrons. The van der Waals surface area contributed by atoms with Crippen molar-refractivity contribution in [2.24, 2.45) is 5.92 Å². The summed E-state index contributed by atoms with van der Waals surface area (Å²) in [5, 5.41) is 2.67. The monoisotopic (exact) mass is 386 g/mol. The Balaban J connectivity index is 2.08. The van der Waals surface area contributed by atoms with Gasteiger partial charge in [0.25, 0.3) is 0 Å². The van der Waals surface area contributed by atoms with Gasteiger partial charge in [-0.05, 0) is 66.3 Å². The molecule has 4 heteroatoms. The Bertz CT molecular complexity index is 598. The summed E-state index contributed by atoms with van der Waals surface area (Å²) in [6, 6.07) is 11.6. The number of halogens is 4. The summed E-state index contributed by atoms with van der Waals surface area (Å²) < 4.78 is 0. The van der Waals surface area contributed by atoms with Crippen LogP contribution in [0.5, 0.6) is 0 Å². The van der Waals surface area contributed by atoms with Crippen LogP contribution in [0.4, 0.5) is 0 Å². The third-order valence-electron chi connectivity index (χ3n) is 4.61. The summed E-state index contributed by atoms with van der Waals surface area (Å²) in [7, 11) is 0. The summed E-state index contributed by atoms with van der Waals surface area (Å²) in [6.07, 6.45) is 6.27. The summed E-state index contributed by atoms with van der Waals surface area (Å²) in [5.74, 6) is 0.788. The highest BCUT2D eigenvalue weighted by Gasteiger charge is 2.27. The molecule has 0 saturated heterocycles. The first-order chi connectivity index (χ1) is 11.0. The smallest absolute Gasteiger partial charge is 0.0423 e. The molecule has 23 heavy (non-hydrogen) atoms. The summed E-state index contributed by atoms with van der Waals surface area (Å²) in [5.41, 5.74) is 2.29. The quantitative estimate of drug-likeness (QED) is 0.500. The molecule has 0 heterocycles. The molecule has 2 aromatic carbocycles. The van der Waals surface area contributed by atoms with Crippen molar-refractivity contribution in [3.63, 3.8) is 0 Å². The van der Waals surface area contributed by atoms with Gasteiger partial charge in [0.15, 0.2) is 0 Å². The van der Waals surface area contributed by atoms with Crippen molar-refractivity contribution in [2.75, 3.05) is 0 Å². The van der Waals surface area contributed by atoms with Gasteiger partial charge in [-0.1, -0.05) is 65.7 Å². The van der Waals surface area contributed by atoms with E-state index in [1.165, 1.54) is 32.1 Å². The van der Waals surface area contributed by atoms with E-state index in [9.17, 15) is 0 Å². The van der Waals surface area contributed by atoms with Gasteiger partial charge in [-0.15, -0.1) is 0 Å². The van der Waals surface area contributed by atoms with E-state index in [1.807, 2.05) is 24.3 Å². The van der Waals surface area contributed by atoms with Gasteiger partial charge in [0.2, 0.25) is 0 Å². The molecule has 0 aromatic heterocycles. The van der Waals surface area contributed by atoms with Crippen LogP contribution < -0.4 is 0 Å². The molecule has 0 N–H and O–H groups in total. The van der Waals surface area contributed by atoms with Crippen molar-refractivity contribution >= 4 is 46.4 Å². The van der Waals surface area contributed by atoms with Crippen LogP contribution >= 0.6 is 46.4 Å². The third kappa shape index (κ3) is 4.37. The van der Waals surface area contributed by atoms with E-state index in [-0.39, 0.29) is 5.92 Å². The first-order valence-electron chi connectivity index (χ1n) is 7.95. The molecule has 1 fully saturated rings. The normalized spacial score (nSPS) is 16.0. The third-order valence-corrected chi connectivity index (χ3v) is 5.48. The lowest BCUT2D eigenvalue weighted by Gasteiger charge is -2.31. The highest BCUT2D eigenvalue weighted by Crippen LogP contribution is 2.43. The van der Waals surface area contributed by atoms with Crippen molar-refractivity contribution in [1.29, 1.82) is 0 Å².